The zero-order valence-electron chi connectivity index (χ0n) is 15.8. The van der Waals surface area contributed by atoms with Crippen LogP contribution in [-0.4, -0.2) is 34.0 Å². The van der Waals surface area contributed by atoms with Crippen LogP contribution >= 0.6 is 0 Å². The van der Waals surface area contributed by atoms with Crippen LogP contribution in [-0.2, 0) is 6.42 Å². The summed E-state index contributed by atoms with van der Waals surface area (Å²) in [6, 6.07) is 14.6. The van der Waals surface area contributed by atoms with Crippen LogP contribution in [0.25, 0.3) is 11.3 Å². The van der Waals surface area contributed by atoms with E-state index in [1.54, 1.807) is 18.2 Å². The number of rotatable bonds is 7. The Hall–Kier alpha value is -3.61. The van der Waals surface area contributed by atoms with Crippen molar-refractivity contribution >= 4 is 12.1 Å². The second-order valence-corrected chi connectivity index (χ2v) is 6.08. The summed E-state index contributed by atoms with van der Waals surface area (Å²) in [5, 5.41) is 20.6. The zero-order valence-corrected chi connectivity index (χ0v) is 15.8. The van der Waals surface area contributed by atoms with Gasteiger partial charge in [-0.05, 0) is 48.7 Å². The first-order valence-corrected chi connectivity index (χ1v) is 9.04. The smallest absolute Gasteiger partial charge is 0.289 e. The van der Waals surface area contributed by atoms with Crippen molar-refractivity contribution in [1.29, 1.82) is 0 Å². The Bertz CT molecular complexity index is 978. The predicted molar refractivity (Wildman–Crippen MR) is 108 cm³/mol. The Morgan fingerprint density at radius 2 is 2.00 bits per heavy atom. The van der Waals surface area contributed by atoms with Crippen LogP contribution < -0.4 is 10.2 Å². The monoisotopic (exact) mass is 378 g/mol. The van der Waals surface area contributed by atoms with E-state index in [1.165, 1.54) is 17.8 Å². The van der Waals surface area contributed by atoms with E-state index >= 15 is 0 Å². The molecule has 28 heavy (non-hydrogen) atoms. The summed E-state index contributed by atoms with van der Waals surface area (Å²) < 4.78 is 5.32. The molecule has 3 N–H and O–H groups in total. The summed E-state index contributed by atoms with van der Waals surface area (Å²) in [7, 11) is 0. The second-order valence-electron chi connectivity index (χ2n) is 6.08. The maximum atomic E-state index is 12.2. The van der Waals surface area contributed by atoms with Gasteiger partial charge in [-0.1, -0.05) is 31.2 Å². The lowest BCUT2D eigenvalue weighted by Gasteiger charge is -2.05. The fourth-order valence-corrected chi connectivity index (χ4v) is 2.60. The Balaban J connectivity index is 1.64. The number of benzene rings is 2. The minimum Gasteiger partial charge on any atom is -0.504 e. The Labute approximate surface area is 163 Å². The maximum absolute atomic E-state index is 12.2. The van der Waals surface area contributed by atoms with Crippen LogP contribution in [0.2, 0.25) is 0 Å². The number of phenolic OH excluding ortho intramolecular Hbond substituents is 1. The number of carbonyl (C=O) groups excluding carboxylic acids is 1. The molecule has 144 valence electrons. The standard InChI is InChI=1S/C21H22N4O3/c1-3-14-5-8-16(9-6-14)17-12-18(24-23-17)21(27)25-22-13-15-7-10-19(26)20(11-15)28-4-2/h5-13,26H,3-4H2,1-2H3,(H,23,24)(H,25,27)/b22-13+. The predicted octanol–water partition coefficient (Wildman–Crippen LogP) is 3.51. The van der Waals surface area contributed by atoms with Gasteiger partial charge in [-0.15, -0.1) is 0 Å². The third-order valence-corrected chi connectivity index (χ3v) is 4.14. The third kappa shape index (κ3) is 4.56. The van der Waals surface area contributed by atoms with Gasteiger partial charge in [0.25, 0.3) is 5.91 Å². The number of H-pyrrole nitrogens is 1. The molecule has 0 fully saturated rings. The summed E-state index contributed by atoms with van der Waals surface area (Å²) in [6.45, 7) is 4.37. The fourth-order valence-electron chi connectivity index (χ4n) is 2.60. The molecule has 0 saturated carbocycles. The lowest BCUT2D eigenvalue weighted by atomic mass is 10.1. The van der Waals surface area contributed by atoms with Crippen molar-refractivity contribution in [1.82, 2.24) is 15.6 Å². The van der Waals surface area contributed by atoms with E-state index in [2.05, 4.69) is 27.6 Å². The van der Waals surface area contributed by atoms with Gasteiger partial charge in [0.2, 0.25) is 0 Å². The molecule has 7 heteroatoms. The van der Waals surface area contributed by atoms with Crippen LogP contribution in [0, 0.1) is 0 Å². The fraction of sp³-hybridized carbons (Fsp3) is 0.190. The van der Waals surface area contributed by atoms with E-state index in [1.807, 2.05) is 31.2 Å². The van der Waals surface area contributed by atoms with E-state index in [9.17, 15) is 9.90 Å². The molecule has 0 unspecified atom stereocenters. The highest BCUT2D eigenvalue weighted by Gasteiger charge is 2.10. The Kier molecular flexibility index (Phi) is 6.06. The highest BCUT2D eigenvalue weighted by atomic mass is 16.5. The van der Waals surface area contributed by atoms with Crippen molar-refractivity contribution in [2.45, 2.75) is 20.3 Å². The number of aromatic hydroxyl groups is 1. The van der Waals surface area contributed by atoms with Gasteiger partial charge in [-0.2, -0.15) is 10.2 Å². The van der Waals surface area contributed by atoms with Crippen molar-refractivity contribution < 1.29 is 14.6 Å². The number of nitrogens with one attached hydrogen (secondary N) is 2. The van der Waals surface area contributed by atoms with Gasteiger partial charge in [0.05, 0.1) is 18.5 Å². The highest BCUT2D eigenvalue weighted by Crippen LogP contribution is 2.26. The van der Waals surface area contributed by atoms with Crippen molar-refractivity contribution in [2.24, 2.45) is 5.10 Å². The number of aryl methyl sites for hydroxylation is 1. The Morgan fingerprint density at radius 1 is 1.21 bits per heavy atom. The molecule has 7 nitrogen and oxygen atoms in total. The minimum atomic E-state index is -0.399. The van der Waals surface area contributed by atoms with E-state index in [0.717, 1.165) is 12.0 Å². The summed E-state index contributed by atoms with van der Waals surface area (Å²) in [5.41, 5.74) is 6.32. The van der Waals surface area contributed by atoms with Crippen molar-refractivity contribution in [3.8, 4) is 22.8 Å². The average Bonchev–Trinajstić information content (AvgIpc) is 3.21. The molecule has 3 aromatic rings. The number of carbonyl (C=O) groups is 1. The first-order chi connectivity index (χ1) is 13.6. The van der Waals surface area contributed by atoms with Gasteiger partial charge in [-0.25, -0.2) is 5.43 Å². The zero-order chi connectivity index (χ0) is 19.9. The van der Waals surface area contributed by atoms with Gasteiger partial charge < -0.3 is 9.84 Å². The number of hydrazone groups is 1. The molecule has 3 rings (SSSR count). The normalized spacial score (nSPS) is 10.9. The number of hydrogen-bond donors (Lipinski definition) is 3. The van der Waals surface area contributed by atoms with Gasteiger partial charge in [0.1, 0.15) is 5.69 Å². The quantitative estimate of drug-likeness (QED) is 0.433. The lowest BCUT2D eigenvalue weighted by molar-refractivity contribution is 0.0950. The highest BCUT2D eigenvalue weighted by molar-refractivity contribution is 5.94. The first kappa shape index (κ1) is 19.2. The first-order valence-electron chi connectivity index (χ1n) is 9.04. The molecule has 0 aliphatic heterocycles. The van der Waals surface area contributed by atoms with Crippen LogP contribution in [0.1, 0.15) is 35.5 Å². The van der Waals surface area contributed by atoms with Gasteiger partial charge >= 0.3 is 0 Å². The van der Waals surface area contributed by atoms with E-state index in [0.29, 0.717) is 29.3 Å². The topological polar surface area (TPSA) is 99.6 Å². The van der Waals surface area contributed by atoms with Crippen molar-refractivity contribution in [2.75, 3.05) is 6.61 Å². The number of amides is 1. The maximum Gasteiger partial charge on any atom is 0.289 e. The van der Waals surface area contributed by atoms with Crippen LogP contribution in [0.5, 0.6) is 11.5 Å². The molecule has 2 aromatic carbocycles. The molecular weight excluding hydrogens is 356 g/mol. The largest absolute Gasteiger partial charge is 0.504 e. The van der Waals surface area contributed by atoms with Crippen molar-refractivity contribution in [3.63, 3.8) is 0 Å². The minimum absolute atomic E-state index is 0.0556. The van der Waals surface area contributed by atoms with Gasteiger partial charge in [0.15, 0.2) is 11.5 Å². The summed E-state index contributed by atoms with van der Waals surface area (Å²) >= 11 is 0. The summed E-state index contributed by atoms with van der Waals surface area (Å²) in [6.07, 6.45) is 2.44. The number of aromatic nitrogens is 2. The molecule has 0 aliphatic carbocycles. The van der Waals surface area contributed by atoms with Crippen LogP contribution in [0.4, 0.5) is 0 Å². The number of nitrogens with zero attached hydrogens (tertiary/aromatic N) is 2. The van der Waals surface area contributed by atoms with E-state index < -0.39 is 5.91 Å². The van der Waals surface area contributed by atoms with E-state index in [4.69, 9.17) is 4.74 Å². The van der Waals surface area contributed by atoms with Crippen molar-refractivity contribution in [3.05, 3.63) is 65.4 Å². The molecule has 0 spiro atoms. The van der Waals surface area contributed by atoms with Crippen LogP contribution in [0.15, 0.2) is 53.6 Å². The second kappa shape index (κ2) is 8.85. The molecule has 1 heterocycles. The summed E-state index contributed by atoms with van der Waals surface area (Å²) in [4.78, 5) is 12.2. The molecular formula is C21H22N4O3. The SMILES string of the molecule is CCOc1cc(/C=N/NC(=O)c2cc(-c3ccc(CC)cc3)n[nH]2)ccc1O. The molecule has 0 radical (unpaired) electrons. The van der Waals surface area contributed by atoms with Gasteiger partial charge in [-0.3, -0.25) is 9.89 Å². The molecule has 1 amide bonds. The van der Waals surface area contributed by atoms with Crippen LogP contribution in [0.3, 0.4) is 0 Å². The third-order valence-electron chi connectivity index (χ3n) is 4.14. The number of ether oxygens (including phenoxy) is 1. The number of phenols is 1. The summed E-state index contributed by atoms with van der Waals surface area (Å²) in [5.74, 6) is 0.0223. The average molecular weight is 378 g/mol. The number of aromatic amines is 1. The van der Waals surface area contributed by atoms with E-state index in [-0.39, 0.29) is 5.75 Å². The number of hydrogen-bond acceptors (Lipinski definition) is 5. The Morgan fingerprint density at radius 3 is 2.71 bits per heavy atom. The molecule has 0 saturated heterocycles. The van der Waals surface area contributed by atoms with Gasteiger partial charge in [0, 0.05) is 5.56 Å². The molecule has 0 aliphatic rings. The lowest BCUT2D eigenvalue weighted by Crippen LogP contribution is -2.18. The molecule has 1 aromatic heterocycles. The molecule has 0 atom stereocenters. The molecule has 0 bridgehead atoms.